The minimum absolute atomic E-state index is 0.0872. The van der Waals surface area contributed by atoms with Gasteiger partial charge in [-0.3, -0.25) is 14.5 Å². The number of ether oxygens (including phenoxy) is 1. The first-order chi connectivity index (χ1) is 14.9. The van der Waals surface area contributed by atoms with E-state index >= 15 is 0 Å². The van der Waals surface area contributed by atoms with E-state index in [0.29, 0.717) is 5.75 Å². The second-order valence-electron chi connectivity index (χ2n) is 6.70. The van der Waals surface area contributed by atoms with E-state index in [1.807, 2.05) is 19.9 Å². The highest BCUT2D eigenvalue weighted by Crippen LogP contribution is 2.37. The van der Waals surface area contributed by atoms with Crippen molar-refractivity contribution in [2.24, 2.45) is 5.16 Å². The molecule has 10 nitrogen and oxygen atoms in total. The van der Waals surface area contributed by atoms with Gasteiger partial charge in [0.05, 0.1) is 0 Å². The van der Waals surface area contributed by atoms with Gasteiger partial charge in [0.25, 0.3) is 11.8 Å². The summed E-state index contributed by atoms with van der Waals surface area (Å²) in [6, 6.07) is -0.811. The number of nitrogens with zero attached hydrogens (tertiary/aromatic N) is 3. The summed E-state index contributed by atoms with van der Waals surface area (Å²) in [6.07, 6.45) is 4.48. The van der Waals surface area contributed by atoms with E-state index in [2.05, 4.69) is 15.5 Å². The van der Waals surface area contributed by atoms with Crippen LogP contribution in [0.25, 0.3) is 0 Å². The van der Waals surface area contributed by atoms with Gasteiger partial charge in [-0.25, -0.2) is 9.78 Å². The normalized spacial score (nSPS) is 21.1. The molecule has 2 atom stereocenters. The van der Waals surface area contributed by atoms with Gasteiger partial charge in [-0.05, 0) is 25.0 Å². The van der Waals surface area contributed by atoms with Gasteiger partial charge >= 0.3 is 5.97 Å². The summed E-state index contributed by atoms with van der Waals surface area (Å²) in [5, 5.41) is 7.81. The van der Waals surface area contributed by atoms with E-state index in [0.717, 1.165) is 23.3 Å². The standard InChI is InChI=1S/C19H23N5O5S2/c1-4-5-10(2)8-29-18(27)12-6-7-30-17-14(16(26)24(12)17)22-15(25)13(23-28-3)11-9-31-19(20)21-11/h5-6,9,14,17H,4,7-8H2,1-3H3,(H2,20,21)(H,22,25)/t14?,17-/m0/s1. The first kappa shape index (κ1) is 22.8. The number of oxime groups is 1. The molecular weight excluding hydrogens is 442 g/mol. The highest BCUT2D eigenvalue weighted by Gasteiger charge is 2.53. The fourth-order valence-electron chi connectivity index (χ4n) is 3.09. The lowest BCUT2D eigenvalue weighted by Gasteiger charge is -2.48. The molecule has 3 rings (SSSR count). The number of carbonyl (C=O) groups excluding carboxylic acids is 3. The monoisotopic (exact) mass is 465 g/mol. The molecule has 1 aromatic rings. The Balaban J connectivity index is 1.66. The van der Waals surface area contributed by atoms with E-state index in [1.54, 1.807) is 11.5 Å². The number of hydrogen-bond acceptors (Lipinski definition) is 10. The lowest BCUT2D eigenvalue weighted by Crippen LogP contribution is -2.70. The highest BCUT2D eigenvalue weighted by molar-refractivity contribution is 8.00. The lowest BCUT2D eigenvalue weighted by atomic mass is 10.0. The molecule has 1 unspecified atom stereocenters. The first-order valence-corrected chi connectivity index (χ1v) is 11.4. The van der Waals surface area contributed by atoms with Crippen molar-refractivity contribution in [2.75, 3.05) is 25.2 Å². The van der Waals surface area contributed by atoms with Crippen molar-refractivity contribution in [1.29, 1.82) is 0 Å². The van der Waals surface area contributed by atoms with Crippen LogP contribution in [-0.4, -0.2) is 64.3 Å². The van der Waals surface area contributed by atoms with Crippen molar-refractivity contribution < 1.29 is 24.0 Å². The van der Waals surface area contributed by atoms with E-state index in [9.17, 15) is 14.4 Å². The molecule has 0 aliphatic carbocycles. The second kappa shape index (κ2) is 9.96. The maximum atomic E-state index is 12.7. The highest BCUT2D eigenvalue weighted by atomic mass is 32.2. The number of nitrogens with two attached hydrogens (primary N) is 1. The van der Waals surface area contributed by atoms with Crippen molar-refractivity contribution in [2.45, 2.75) is 31.7 Å². The van der Waals surface area contributed by atoms with Crippen LogP contribution in [0.1, 0.15) is 26.0 Å². The van der Waals surface area contributed by atoms with Crippen LogP contribution in [0.3, 0.4) is 0 Å². The number of amides is 2. The van der Waals surface area contributed by atoms with Crippen LogP contribution in [0.2, 0.25) is 0 Å². The molecule has 0 aromatic carbocycles. The maximum Gasteiger partial charge on any atom is 0.355 e. The quantitative estimate of drug-likeness (QED) is 0.193. The van der Waals surface area contributed by atoms with Crippen LogP contribution >= 0.6 is 23.1 Å². The number of aromatic nitrogens is 1. The number of allylic oxidation sites excluding steroid dienone is 1. The molecule has 0 bridgehead atoms. The van der Waals surface area contributed by atoms with Crippen molar-refractivity contribution in [1.82, 2.24) is 15.2 Å². The van der Waals surface area contributed by atoms with Crippen LogP contribution in [0.4, 0.5) is 5.13 Å². The average Bonchev–Trinajstić information content (AvgIpc) is 3.19. The topological polar surface area (TPSA) is 136 Å². The Morgan fingerprint density at radius 3 is 2.90 bits per heavy atom. The molecule has 2 aliphatic rings. The van der Waals surface area contributed by atoms with Gasteiger partial charge in [-0.1, -0.05) is 18.2 Å². The van der Waals surface area contributed by atoms with E-state index < -0.39 is 29.2 Å². The van der Waals surface area contributed by atoms with Gasteiger partial charge < -0.3 is 20.6 Å². The summed E-state index contributed by atoms with van der Waals surface area (Å²) in [5.74, 6) is -1.07. The maximum absolute atomic E-state index is 12.7. The number of hydrogen-bond donors (Lipinski definition) is 2. The molecule has 1 fully saturated rings. The zero-order valence-corrected chi connectivity index (χ0v) is 18.9. The SMILES string of the molecule is CCC=C(C)COC(=O)C1=CCS[C@H]2C(NC(=O)C(=NOC)c3csc(N)n3)C(=O)N12. The Kier molecular flexibility index (Phi) is 7.33. The molecule has 31 heavy (non-hydrogen) atoms. The smallest absolute Gasteiger partial charge is 0.355 e. The Morgan fingerprint density at radius 1 is 1.48 bits per heavy atom. The average molecular weight is 466 g/mol. The van der Waals surface area contributed by atoms with Gasteiger partial charge in [-0.15, -0.1) is 23.1 Å². The summed E-state index contributed by atoms with van der Waals surface area (Å²) in [4.78, 5) is 48.1. The molecule has 3 heterocycles. The summed E-state index contributed by atoms with van der Waals surface area (Å²) < 4.78 is 5.32. The zero-order chi connectivity index (χ0) is 22.5. The van der Waals surface area contributed by atoms with Gasteiger partial charge in [0, 0.05) is 11.1 Å². The van der Waals surface area contributed by atoms with Gasteiger partial charge in [0.2, 0.25) is 0 Å². The number of thiazole rings is 1. The minimum atomic E-state index is -0.811. The molecular formula is C19H23N5O5S2. The number of esters is 1. The molecule has 2 amide bonds. The molecule has 1 saturated heterocycles. The number of β-lactam (4-membered cyclic amide) rings is 1. The van der Waals surface area contributed by atoms with Gasteiger partial charge in [0.1, 0.15) is 36.5 Å². The summed E-state index contributed by atoms with van der Waals surface area (Å²) >= 11 is 2.59. The van der Waals surface area contributed by atoms with Crippen molar-refractivity contribution >= 4 is 51.7 Å². The number of anilines is 1. The largest absolute Gasteiger partial charge is 0.457 e. The van der Waals surface area contributed by atoms with Crippen molar-refractivity contribution in [3.63, 3.8) is 0 Å². The molecule has 0 radical (unpaired) electrons. The third kappa shape index (κ3) is 4.90. The molecule has 2 aliphatic heterocycles. The lowest BCUT2D eigenvalue weighted by molar-refractivity contribution is -0.152. The van der Waals surface area contributed by atoms with Crippen molar-refractivity contribution in [3.05, 3.63) is 34.5 Å². The zero-order valence-electron chi connectivity index (χ0n) is 17.3. The van der Waals surface area contributed by atoms with E-state index in [-0.39, 0.29) is 28.8 Å². The Bertz CT molecular complexity index is 971. The summed E-state index contributed by atoms with van der Waals surface area (Å²) in [7, 11) is 1.30. The summed E-state index contributed by atoms with van der Waals surface area (Å²) in [6.45, 7) is 4.04. The Morgan fingerprint density at radius 2 is 2.26 bits per heavy atom. The summed E-state index contributed by atoms with van der Waals surface area (Å²) in [5.41, 5.74) is 6.92. The Labute approximate surface area is 187 Å². The van der Waals surface area contributed by atoms with Crippen LogP contribution in [0.5, 0.6) is 0 Å². The predicted octanol–water partition coefficient (Wildman–Crippen LogP) is 1.26. The number of nitrogens with one attached hydrogen (secondary N) is 1. The van der Waals surface area contributed by atoms with Crippen LogP contribution < -0.4 is 11.1 Å². The Hall–Kier alpha value is -2.86. The second-order valence-corrected chi connectivity index (χ2v) is 8.74. The molecule has 166 valence electrons. The fraction of sp³-hybridized carbons (Fsp3) is 0.421. The molecule has 1 aromatic heterocycles. The minimum Gasteiger partial charge on any atom is -0.457 e. The number of thioether (sulfide) groups is 1. The number of carbonyl (C=O) groups is 3. The van der Waals surface area contributed by atoms with E-state index in [1.165, 1.54) is 23.8 Å². The van der Waals surface area contributed by atoms with Crippen molar-refractivity contribution in [3.8, 4) is 0 Å². The third-order valence-electron chi connectivity index (χ3n) is 4.49. The molecule has 0 spiro atoms. The number of nitrogen functional groups attached to an aromatic ring is 1. The number of rotatable bonds is 8. The van der Waals surface area contributed by atoms with Gasteiger partial charge in [-0.2, -0.15) is 0 Å². The van der Waals surface area contributed by atoms with Crippen LogP contribution in [0.15, 0.2) is 34.0 Å². The number of fused-ring (bicyclic) bond motifs is 1. The predicted molar refractivity (Wildman–Crippen MR) is 118 cm³/mol. The van der Waals surface area contributed by atoms with E-state index in [4.69, 9.17) is 15.3 Å². The first-order valence-electron chi connectivity index (χ1n) is 9.48. The third-order valence-corrected chi connectivity index (χ3v) is 6.35. The molecule has 0 saturated carbocycles. The van der Waals surface area contributed by atoms with Gasteiger partial charge in [0.15, 0.2) is 10.8 Å². The molecule has 3 N–H and O–H groups in total. The fourth-order valence-corrected chi connectivity index (χ4v) is 4.83. The van der Waals surface area contributed by atoms with Crippen LogP contribution in [-0.2, 0) is 24.0 Å². The van der Waals surface area contributed by atoms with Crippen LogP contribution in [0, 0.1) is 0 Å². The molecule has 12 heteroatoms.